The van der Waals surface area contributed by atoms with Gasteiger partial charge in [-0.05, 0) is 43.7 Å². The number of nitrogens with one attached hydrogen (secondary N) is 3. The van der Waals surface area contributed by atoms with Crippen molar-refractivity contribution in [3.63, 3.8) is 0 Å². The number of carbonyl (C=O) groups excluding carboxylic acids is 3. The molecule has 0 aliphatic carbocycles. The van der Waals surface area contributed by atoms with Gasteiger partial charge in [0.15, 0.2) is 0 Å². The van der Waals surface area contributed by atoms with E-state index >= 15 is 0 Å². The maximum Gasteiger partial charge on any atom is 0.271 e. The van der Waals surface area contributed by atoms with Crippen LogP contribution >= 0.6 is 23.2 Å². The summed E-state index contributed by atoms with van der Waals surface area (Å²) in [5.41, 5.74) is 7.42. The molecule has 8 heteroatoms. The molecule has 2 rings (SSSR count). The van der Waals surface area contributed by atoms with Crippen molar-refractivity contribution >= 4 is 46.6 Å². The number of benzene rings is 2. The lowest BCUT2D eigenvalue weighted by Gasteiger charge is -2.10. The van der Waals surface area contributed by atoms with E-state index < -0.39 is 11.8 Å². The van der Waals surface area contributed by atoms with Crippen molar-refractivity contribution in [1.29, 1.82) is 0 Å². The number of hydrogen-bond acceptors (Lipinski definition) is 3. The van der Waals surface area contributed by atoms with Gasteiger partial charge in [0.25, 0.3) is 5.91 Å². The number of aryl methyl sites for hydroxylation is 2. The molecule has 27 heavy (non-hydrogen) atoms. The van der Waals surface area contributed by atoms with Gasteiger partial charge in [-0.2, -0.15) is 0 Å². The summed E-state index contributed by atoms with van der Waals surface area (Å²) in [5.74, 6) is -1.36. The Labute approximate surface area is 167 Å². The molecular formula is C19H19Cl2N3O3. The minimum absolute atomic E-state index is 0.0171. The number of carbonyl (C=O) groups is 3. The summed E-state index contributed by atoms with van der Waals surface area (Å²) in [4.78, 5) is 35.8. The molecule has 0 heterocycles. The predicted octanol–water partition coefficient (Wildman–Crippen LogP) is 3.79. The number of amides is 3. The van der Waals surface area contributed by atoms with Gasteiger partial charge in [-0.1, -0.05) is 40.9 Å². The van der Waals surface area contributed by atoms with Gasteiger partial charge in [-0.3, -0.25) is 25.2 Å². The summed E-state index contributed by atoms with van der Waals surface area (Å²) >= 11 is 11.7. The lowest BCUT2D eigenvalue weighted by atomic mass is 10.1. The summed E-state index contributed by atoms with van der Waals surface area (Å²) in [6.07, 6.45) is -0.0951. The van der Waals surface area contributed by atoms with Crippen molar-refractivity contribution in [2.24, 2.45) is 0 Å². The van der Waals surface area contributed by atoms with E-state index in [2.05, 4.69) is 16.2 Å². The molecule has 3 N–H and O–H groups in total. The average molecular weight is 408 g/mol. The summed E-state index contributed by atoms with van der Waals surface area (Å²) in [7, 11) is 0. The van der Waals surface area contributed by atoms with Gasteiger partial charge in [0.1, 0.15) is 0 Å². The molecule has 0 unspecified atom stereocenters. The Balaban J connectivity index is 1.78. The molecule has 0 aliphatic rings. The topological polar surface area (TPSA) is 87.3 Å². The van der Waals surface area contributed by atoms with E-state index in [4.69, 9.17) is 23.2 Å². The van der Waals surface area contributed by atoms with Crippen molar-refractivity contribution in [2.45, 2.75) is 26.7 Å². The molecule has 0 aromatic heterocycles. The zero-order valence-electron chi connectivity index (χ0n) is 14.9. The maximum absolute atomic E-state index is 12.0. The molecule has 0 saturated carbocycles. The van der Waals surface area contributed by atoms with Crippen LogP contribution in [0.2, 0.25) is 10.0 Å². The van der Waals surface area contributed by atoms with Crippen molar-refractivity contribution in [3.8, 4) is 0 Å². The number of rotatable bonds is 5. The molecule has 0 bridgehead atoms. The highest BCUT2D eigenvalue weighted by Gasteiger charge is 2.13. The van der Waals surface area contributed by atoms with Crippen LogP contribution in [0.3, 0.4) is 0 Å². The smallest absolute Gasteiger partial charge is 0.271 e. The fourth-order valence-corrected chi connectivity index (χ4v) is 2.82. The van der Waals surface area contributed by atoms with E-state index in [1.54, 1.807) is 0 Å². The van der Waals surface area contributed by atoms with E-state index in [1.165, 1.54) is 18.2 Å². The van der Waals surface area contributed by atoms with Crippen molar-refractivity contribution < 1.29 is 14.4 Å². The molecule has 0 saturated heterocycles. The van der Waals surface area contributed by atoms with E-state index in [0.29, 0.717) is 10.7 Å². The fourth-order valence-electron chi connectivity index (χ4n) is 2.32. The monoisotopic (exact) mass is 407 g/mol. The van der Waals surface area contributed by atoms with Crippen LogP contribution in [0.25, 0.3) is 0 Å². The van der Waals surface area contributed by atoms with Crippen LogP contribution in [0.15, 0.2) is 36.4 Å². The highest BCUT2D eigenvalue weighted by atomic mass is 35.5. The zero-order valence-corrected chi connectivity index (χ0v) is 16.4. The Hall–Kier alpha value is -2.57. The second-order valence-electron chi connectivity index (χ2n) is 5.99. The van der Waals surface area contributed by atoms with Crippen LogP contribution in [-0.4, -0.2) is 17.7 Å². The lowest BCUT2D eigenvalue weighted by Crippen LogP contribution is -2.41. The standard InChI is InChI=1S/C19H19Cl2N3O3/c1-11-3-6-16(12(2)9-11)22-17(25)7-8-18(26)23-24-19(27)14-5-4-13(20)10-15(14)21/h3-6,9-10H,7-8H2,1-2H3,(H,22,25)(H,23,26)(H,24,27). The fraction of sp³-hybridized carbons (Fsp3) is 0.211. The summed E-state index contributed by atoms with van der Waals surface area (Å²) in [5, 5.41) is 3.33. The van der Waals surface area contributed by atoms with Gasteiger partial charge in [0, 0.05) is 23.6 Å². The SMILES string of the molecule is Cc1ccc(NC(=O)CCC(=O)NNC(=O)c2ccc(Cl)cc2Cl)c(C)c1. The molecule has 142 valence electrons. The van der Waals surface area contributed by atoms with Crippen LogP contribution in [0, 0.1) is 13.8 Å². The molecule has 2 aromatic carbocycles. The van der Waals surface area contributed by atoms with Gasteiger partial charge < -0.3 is 5.32 Å². The van der Waals surface area contributed by atoms with Gasteiger partial charge >= 0.3 is 0 Å². The number of hydrazine groups is 1. The first kappa shape index (κ1) is 20.7. The second-order valence-corrected chi connectivity index (χ2v) is 6.84. The molecule has 0 radical (unpaired) electrons. The third-order valence-electron chi connectivity index (χ3n) is 3.73. The van der Waals surface area contributed by atoms with E-state index in [9.17, 15) is 14.4 Å². The predicted molar refractivity (Wildman–Crippen MR) is 106 cm³/mol. The van der Waals surface area contributed by atoms with Crippen molar-refractivity contribution in [1.82, 2.24) is 10.9 Å². The number of halogens is 2. The minimum Gasteiger partial charge on any atom is -0.326 e. The van der Waals surface area contributed by atoms with Crippen LogP contribution in [0.4, 0.5) is 5.69 Å². The van der Waals surface area contributed by atoms with Gasteiger partial charge in [-0.15, -0.1) is 0 Å². The quantitative estimate of drug-likeness (QED) is 0.658. The molecule has 3 amide bonds. The molecule has 0 fully saturated rings. The molecule has 6 nitrogen and oxygen atoms in total. The summed E-state index contributed by atoms with van der Waals surface area (Å²) in [6, 6.07) is 10.1. The van der Waals surface area contributed by atoms with Gasteiger partial charge in [-0.25, -0.2) is 0 Å². The number of anilines is 1. The largest absolute Gasteiger partial charge is 0.326 e. The molecule has 0 atom stereocenters. The third kappa shape index (κ3) is 6.27. The first-order valence-electron chi connectivity index (χ1n) is 8.17. The van der Waals surface area contributed by atoms with Crippen LogP contribution in [0.5, 0.6) is 0 Å². The Bertz CT molecular complexity index is 884. The molecule has 0 spiro atoms. The average Bonchev–Trinajstić information content (AvgIpc) is 2.60. The van der Waals surface area contributed by atoms with E-state index in [0.717, 1.165) is 11.1 Å². The highest BCUT2D eigenvalue weighted by Crippen LogP contribution is 2.20. The van der Waals surface area contributed by atoms with Gasteiger partial charge in [0.05, 0.1) is 10.6 Å². The Morgan fingerprint density at radius 2 is 1.59 bits per heavy atom. The normalized spacial score (nSPS) is 10.2. The molecular weight excluding hydrogens is 389 g/mol. The summed E-state index contributed by atoms with van der Waals surface area (Å²) < 4.78 is 0. The minimum atomic E-state index is -0.579. The summed E-state index contributed by atoms with van der Waals surface area (Å²) in [6.45, 7) is 3.86. The Morgan fingerprint density at radius 3 is 2.26 bits per heavy atom. The van der Waals surface area contributed by atoms with Gasteiger partial charge in [0.2, 0.25) is 11.8 Å². The second kappa shape index (κ2) is 9.39. The maximum atomic E-state index is 12.0. The Kier molecular flexibility index (Phi) is 7.21. The first-order chi connectivity index (χ1) is 12.8. The van der Waals surface area contributed by atoms with Crippen LogP contribution in [-0.2, 0) is 9.59 Å². The van der Waals surface area contributed by atoms with E-state index in [-0.39, 0.29) is 29.3 Å². The van der Waals surface area contributed by atoms with Crippen LogP contribution in [0.1, 0.15) is 34.3 Å². The molecule has 0 aliphatic heterocycles. The van der Waals surface area contributed by atoms with Crippen molar-refractivity contribution in [2.75, 3.05) is 5.32 Å². The number of hydrogen-bond donors (Lipinski definition) is 3. The highest BCUT2D eigenvalue weighted by molar-refractivity contribution is 6.36. The van der Waals surface area contributed by atoms with Crippen molar-refractivity contribution in [3.05, 3.63) is 63.1 Å². The third-order valence-corrected chi connectivity index (χ3v) is 4.27. The lowest BCUT2D eigenvalue weighted by molar-refractivity contribution is -0.124. The zero-order chi connectivity index (χ0) is 20.0. The first-order valence-corrected chi connectivity index (χ1v) is 8.93. The Morgan fingerprint density at radius 1 is 0.889 bits per heavy atom. The van der Waals surface area contributed by atoms with E-state index in [1.807, 2.05) is 32.0 Å². The van der Waals surface area contributed by atoms with Crippen LogP contribution < -0.4 is 16.2 Å². The molecule has 2 aromatic rings.